The van der Waals surface area contributed by atoms with E-state index in [1.54, 1.807) is 0 Å². The molecule has 0 aromatic heterocycles. The first-order valence-corrected chi connectivity index (χ1v) is 9.85. The van der Waals surface area contributed by atoms with Gasteiger partial charge in [-0.15, -0.1) is 0 Å². The molecule has 6 nitrogen and oxygen atoms in total. The maximum atomic E-state index is 12.9. The number of rotatable bonds is 3. The van der Waals surface area contributed by atoms with Gasteiger partial charge in [0.15, 0.2) is 11.5 Å². The van der Waals surface area contributed by atoms with Crippen LogP contribution in [0.5, 0.6) is 11.5 Å². The molecule has 2 aromatic rings. The predicted molar refractivity (Wildman–Crippen MR) is 108 cm³/mol. The third-order valence-corrected chi connectivity index (χ3v) is 5.41. The smallest absolute Gasteiger partial charge is 0.318 e. The number of nitrogens with zero attached hydrogens (tertiary/aromatic N) is 2. The summed E-state index contributed by atoms with van der Waals surface area (Å²) in [5, 5.41) is 3.53. The summed E-state index contributed by atoms with van der Waals surface area (Å²) in [6.07, 6.45) is 0. The second-order valence-electron chi connectivity index (χ2n) is 7.14. The van der Waals surface area contributed by atoms with Crippen LogP contribution in [0.15, 0.2) is 42.5 Å². The Morgan fingerprint density at radius 3 is 2.79 bits per heavy atom. The van der Waals surface area contributed by atoms with Crippen molar-refractivity contribution in [3.8, 4) is 11.5 Å². The summed E-state index contributed by atoms with van der Waals surface area (Å²) < 4.78 is 11.2. The van der Waals surface area contributed by atoms with Gasteiger partial charge in [-0.1, -0.05) is 41.9 Å². The van der Waals surface area contributed by atoms with Gasteiger partial charge in [0.25, 0.3) is 0 Å². The molecule has 0 saturated carbocycles. The van der Waals surface area contributed by atoms with Crippen molar-refractivity contribution in [2.24, 2.45) is 0 Å². The van der Waals surface area contributed by atoms with Crippen LogP contribution in [-0.4, -0.2) is 55.7 Å². The summed E-state index contributed by atoms with van der Waals surface area (Å²) in [6.45, 7) is 3.72. The number of carbonyl (C=O) groups excluding carboxylic acids is 1. The monoisotopic (exact) mass is 401 g/mol. The first-order valence-electron chi connectivity index (χ1n) is 9.48. The number of nitrogens with one attached hydrogen (secondary N) is 1. The number of urea groups is 1. The lowest BCUT2D eigenvalue weighted by atomic mass is 10.0. The van der Waals surface area contributed by atoms with Crippen LogP contribution in [0.3, 0.4) is 0 Å². The van der Waals surface area contributed by atoms with Crippen molar-refractivity contribution in [1.29, 1.82) is 0 Å². The quantitative estimate of drug-likeness (QED) is 0.857. The normalized spacial score (nSPS) is 19.4. The van der Waals surface area contributed by atoms with Gasteiger partial charge in [-0.2, -0.15) is 0 Å². The van der Waals surface area contributed by atoms with Gasteiger partial charge in [0, 0.05) is 26.2 Å². The lowest BCUT2D eigenvalue weighted by Crippen LogP contribution is -2.52. The lowest BCUT2D eigenvalue weighted by molar-refractivity contribution is 0.108. The Labute approximate surface area is 170 Å². The van der Waals surface area contributed by atoms with Crippen LogP contribution < -0.4 is 14.8 Å². The van der Waals surface area contributed by atoms with E-state index < -0.39 is 0 Å². The third-order valence-electron chi connectivity index (χ3n) is 5.13. The van der Waals surface area contributed by atoms with Crippen LogP contribution in [0.4, 0.5) is 4.79 Å². The highest BCUT2D eigenvalue weighted by Gasteiger charge is 2.30. The Balaban J connectivity index is 1.46. The van der Waals surface area contributed by atoms with Crippen LogP contribution in [0.25, 0.3) is 0 Å². The Kier molecular flexibility index (Phi) is 5.59. The first kappa shape index (κ1) is 18.9. The van der Waals surface area contributed by atoms with Crippen LogP contribution in [0.1, 0.15) is 17.2 Å². The van der Waals surface area contributed by atoms with Crippen molar-refractivity contribution < 1.29 is 14.3 Å². The molecule has 0 aliphatic carbocycles. The fraction of sp³-hybridized carbons (Fsp3) is 0.381. The SMILES string of the molecule is CN1CCN(C(=O)NCc2cc(Cl)c3c(c2)OCCO3)C(c2ccccc2)C1. The minimum absolute atomic E-state index is 0.0313. The molecule has 4 rings (SSSR count). The van der Waals surface area contributed by atoms with E-state index in [-0.39, 0.29) is 12.1 Å². The molecular weight excluding hydrogens is 378 g/mol. The molecule has 1 fully saturated rings. The number of benzene rings is 2. The minimum Gasteiger partial charge on any atom is -0.486 e. The summed E-state index contributed by atoms with van der Waals surface area (Å²) >= 11 is 6.30. The van der Waals surface area contributed by atoms with E-state index in [2.05, 4.69) is 29.4 Å². The molecule has 1 saturated heterocycles. The van der Waals surface area contributed by atoms with Gasteiger partial charge in [0.1, 0.15) is 13.2 Å². The van der Waals surface area contributed by atoms with E-state index in [0.29, 0.717) is 42.8 Å². The molecule has 0 bridgehead atoms. The van der Waals surface area contributed by atoms with E-state index in [1.807, 2.05) is 35.2 Å². The van der Waals surface area contributed by atoms with Gasteiger partial charge in [-0.25, -0.2) is 4.79 Å². The van der Waals surface area contributed by atoms with E-state index in [4.69, 9.17) is 21.1 Å². The minimum atomic E-state index is -0.0760. The van der Waals surface area contributed by atoms with Crippen molar-refractivity contribution in [2.45, 2.75) is 12.6 Å². The zero-order valence-corrected chi connectivity index (χ0v) is 16.6. The number of hydrogen-bond donors (Lipinski definition) is 1. The fourth-order valence-electron chi connectivity index (χ4n) is 3.67. The molecule has 2 heterocycles. The standard InChI is InChI=1S/C21H24ClN3O3/c1-24-7-8-25(18(14-24)16-5-3-2-4-6-16)21(26)23-13-15-11-17(22)20-19(12-15)27-9-10-28-20/h2-6,11-12,18H,7-10,13-14H2,1H3,(H,23,26). The molecule has 1 atom stereocenters. The highest BCUT2D eigenvalue weighted by atomic mass is 35.5. The molecule has 1 N–H and O–H groups in total. The molecule has 0 radical (unpaired) electrons. The van der Waals surface area contributed by atoms with Crippen LogP contribution >= 0.6 is 11.6 Å². The highest BCUT2D eigenvalue weighted by molar-refractivity contribution is 6.32. The maximum Gasteiger partial charge on any atom is 0.318 e. The number of likely N-dealkylation sites (N-methyl/N-ethyl adjacent to an activating group) is 1. The van der Waals surface area contributed by atoms with Gasteiger partial charge in [0.05, 0.1) is 11.1 Å². The largest absolute Gasteiger partial charge is 0.486 e. The summed E-state index contributed by atoms with van der Waals surface area (Å²) in [5.41, 5.74) is 2.03. The fourth-order valence-corrected chi connectivity index (χ4v) is 3.96. The van der Waals surface area contributed by atoms with Crippen molar-refractivity contribution in [3.05, 3.63) is 58.6 Å². The zero-order chi connectivity index (χ0) is 19.5. The molecule has 1 unspecified atom stereocenters. The number of halogens is 1. The van der Waals surface area contributed by atoms with Crippen molar-refractivity contribution in [3.63, 3.8) is 0 Å². The summed E-state index contributed by atoms with van der Waals surface area (Å²) in [6, 6.07) is 13.8. The maximum absolute atomic E-state index is 12.9. The molecular formula is C21H24ClN3O3. The molecule has 148 valence electrons. The number of piperazine rings is 1. The first-order chi connectivity index (χ1) is 13.6. The van der Waals surface area contributed by atoms with Gasteiger partial charge in [0.2, 0.25) is 0 Å². The third kappa shape index (κ3) is 4.03. The number of fused-ring (bicyclic) bond motifs is 1. The van der Waals surface area contributed by atoms with Gasteiger partial charge >= 0.3 is 6.03 Å². The number of carbonyl (C=O) groups is 1. The van der Waals surface area contributed by atoms with Crippen LogP contribution in [-0.2, 0) is 6.54 Å². The average molecular weight is 402 g/mol. The van der Waals surface area contributed by atoms with Crippen molar-refractivity contribution in [1.82, 2.24) is 15.1 Å². The second-order valence-corrected chi connectivity index (χ2v) is 7.55. The van der Waals surface area contributed by atoms with E-state index in [9.17, 15) is 4.79 Å². The Bertz CT molecular complexity index is 846. The molecule has 2 aliphatic heterocycles. The Hall–Kier alpha value is -2.44. The Morgan fingerprint density at radius 2 is 1.96 bits per heavy atom. The van der Waals surface area contributed by atoms with E-state index in [0.717, 1.165) is 24.2 Å². The zero-order valence-electron chi connectivity index (χ0n) is 15.9. The van der Waals surface area contributed by atoms with Gasteiger partial charge in [-0.05, 0) is 30.3 Å². The lowest BCUT2D eigenvalue weighted by Gasteiger charge is -2.40. The van der Waals surface area contributed by atoms with E-state index in [1.165, 1.54) is 0 Å². The molecule has 2 amide bonds. The molecule has 7 heteroatoms. The van der Waals surface area contributed by atoms with Gasteiger partial charge < -0.3 is 24.6 Å². The van der Waals surface area contributed by atoms with Crippen molar-refractivity contribution >= 4 is 17.6 Å². The van der Waals surface area contributed by atoms with Crippen LogP contribution in [0.2, 0.25) is 5.02 Å². The van der Waals surface area contributed by atoms with Gasteiger partial charge in [-0.3, -0.25) is 0 Å². The molecule has 28 heavy (non-hydrogen) atoms. The number of hydrogen-bond acceptors (Lipinski definition) is 4. The topological polar surface area (TPSA) is 54.0 Å². The molecule has 2 aromatic carbocycles. The summed E-state index contributed by atoms with van der Waals surface area (Å²) in [7, 11) is 2.09. The van der Waals surface area contributed by atoms with E-state index >= 15 is 0 Å². The summed E-state index contributed by atoms with van der Waals surface area (Å²) in [4.78, 5) is 17.1. The predicted octanol–water partition coefficient (Wildman–Crippen LogP) is 3.31. The van der Waals surface area contributed by atoms with Crippen LogP contribution in [0, 0.1) is 0 Å². The molecule has 0 spiro atoms. The Morgan fingerprint density at radius 1 is 1.18 bits per heavy atom. The second kappa shape index (κ2) is 8.29. The summed E-state index contributed by atoms with van der Waals surface area (Å²) in [5.74, 6) is 1.20. The highest BCUT2D eigenvalue weighted by Crippen LogP contribution is 2.38. The number of amides is 2. The molecule has 2 aliphatic rings. The number of ether oxygens (including phenoxy) is 2. The van der Waals surface area contributed by atoms with Crippen molar-refractivity contribution in [2.75, 3.05) is 39.9 Å². The average Bonchev–Trinajstić information content (AvgIpc) is 2.72.